The minimum atomic E-state index is -1.24. The summed E-state index contributed by atoms with van der Waals surface area (Å²) in [5.74, 6) is -5.10. The average Bonchev–Trinajstić information content (AvgIpc) is 3.54. The zero-order chi connectivity index (χ0) is 46.6. The lowest BCUT2D eigenvalue weighted by Crippen LogP contribution is -2.63. The molecule has 0 bridgehead atoms. The molecular formula is C44H73N5O14. The number of carbonyl (C=O) groups excluding carboxylic acids is 2. The Morgan fingerprint density at radius 1 is 0.635 bits per heavy atom. The number of hydrogen-bond donors (Lipinski definition) is 9. The molecule has 4 saturated carbocycles. The molecule has 0 aromatic carbocycles. The van der Waals surface area contributed by atoms with E-state index in [0.717, 1.165) is 37.0 Å². The van der Waals surface area contributed by atoms with E-state index in [1.807, 2.05) is 0 Å². The van der Waals surface area contributed by atoms with E-state index in [-0.39, 0.29) is 97.4 Å². The van der Waals surface area contributed by atoms with Crippen molar-refractivity contribution in [3.8, 4) is 0 Å². The van der Waals surface area contributed by atoms with E-state index in [0.29, 0.717) is 51.5 Å². The zero-order valence-corrected chi connectivity index (χ0v) is 37.3. The highest BCUT2D eigenvalue weighted by atomic mass is 16.4. The first-order valence-corrected chi connectivity index (χ1v) is 22.8. The molecule has 11 atom stereocenters. The van der Waals surface area contributed by atoms with Crippen LogP contribution in [0.2, 0.25) is 0 Å². The molecule has 5 unspecified atom stereocenters. The quantitative estimate of drug-likeness (QED) is 0.0528. The van der Waals surface area contributed by atoms with E-state index in [1.165, 1.54) is 9.80 Å². The summed E-state index contributed by atoms with van der Waals surface area (Å²) in [6.45, 7) is 4.56. The molecule has 0 heterocycles. The molecule has 63 heavy (non-hydrogen) atoms. The number of nitrogens with one attached hydrogen (secondary N) is 2. The number of aliphatic hydroxyl groups is 2. The van der Waals surface area contributed by atoms with Gasteiger partial charge in [0.15, 0.2) is 0 Å². The molecular weight excluding hydrogens is 823 g/mol. The van der Waals surface area contributed by atoms with Crippen molar-refractivity contribution in [2.75, 3.05) is 65.4 Å². The van der Waals surface area contributed by atoms with Gasteiger partial charge in [-0.2, -0.15) is 0 Å². The summed E-state index contributed by atoms with van der Waals surface area (Å²) < 4.78 is 0. The summed E-state index contributed by atoms with van der Waals surface area (Å²) in [7, 11) is 0. The molecule has 2 amide bonds. The summed E-state index contributed by atoms with van der Waals surface area (Å²) in [6, 6.07) is -0.00291. The number of hydrogen-bond acceptors (Lipinski definition) is 12. The van der Waals surface area contributed by atoms with Crippen LogP contribution in [0.1, 0.15) is 104 Å². The fourth-order valence-electron chi connectivity index (χ4n) is 12.2. The van der Waals surface area contributed by atoms with Crippen molar-refractivity contribution in [3.05, 3.63) is 0 Å². The fourth-order valence-corrected chi connectivity index (χ4v) is 12.2. The highest BCUT2D eigenvalue weighted by Gasteiger charge is 2.65. The minimum Gasteiger partial charge on any atom is -0.481 e. The van der Waals surface area contributed by atoms with Crippen molar-refractivity contribution in [3.63, 3.8) is 0 Å². The fraction of sp³-hybridized carbons (Fsp3) is 0.841. The topological polar surface area (TPSA) is 295 Å². The number of carbonyl (C=O) groups is 7. The molecule has 9 N–H and O–H groups in total. The summed E-state index contributed by atoms with van der Waals surface area (Å²) >= 11 is 0. The Kier molecular flexibility index (Phi) is 19.2. The molecule has 19 heteroatoms. The molecule has 19 nitrogen and oxygen atoms in total. The van der Waals surface area contributed by atoms with Gasteiger partial charge in [0, 0.05) is 51.6 Å². The number of carboxylic acid groups (broad SMARTS) is 5. The molecule has 0 aromatic heterocycles. The van der Waals surface area contributed by atoms with Crippen molar-refractivity contribution in [1.82, 2.24) is 25.3 Å². The van der Waals surface area contributed by atoms with Gasteiger partial charge < -0.3 is 46.4 Å². The number of unbranched alkanes of at least 4 members (excludes halogenated alkanes) is 2. The van der Waals surface area contributed by atoms with Gasteiger partial charge in [-0.3, -0.25) is 48.3 Å². The lowest BCUT2D eigenvalue weighted by Gasteiger charge is -2.63. The highest BCUT2D eigenvalue weighted by Crippen LogP contribution is 2.68. The normalized spacial score (nSPS) is 30.5. The van der Waals surface area contributed by atoms with E-state index in [4.69, 9.17) is 10.2 Å². The summed E-state index contributed by atoms with van der Waals surface area (Å²) in [5, 5.41) is 75.8. The first-order chi connectivity index (χ1) is 29.6. The number of amides is 2. The first kappa shape index (κ1) is 51.7. The first-order valence-electron chi connectivity index (χ1n) is 22.8. The van der Waals surface area contributed by atoms with Gasteiger partial charge >= 0.3 is 29.8 Å². The maximum Gasteiger partial charge on any atom is 0.317 e. The SMILES string of the molecule is CC(CCC(=O)O)[C@H]1CCC2C3C(C[C@H](O)[C@@]21C)[C@@]1(C)CC[C@H](NC(=O)CCCCCNC(=O)CN(CCN(CCN(CC(=O)O)CC(=O)O)CC(=O)O)CC(=O)O)CC1C[C@H]3O. The standard InChI is InChI=1S/C44H73N5O14/c1-27(8-11-37(54)55)30-9-10-31-42-32(21-34(51)44(30,31)3)43(2)13-12-29(19-28(43)20-33(42)50)46-35(52)7-5-4-6-14-45-36(53)22-48(24-39(58)59)17-15-47(23-38(56)57)16-18-49(25-40(60)61)26-41(62)63/h27-34,42,50-51H,4-26H2,1-3H3,(H,45,53)(H,46,52)(H,54,55)(H,56,57)(H,58,59)(H,60,61)(H,62,63)/t27?,28?,29-,30+,31?,32?,33+,34-,42?,43-,44+/m0/s1. The van der Waals surface area contributed by atoms with Gasteiger partial charge in [0.05, 0.1) is 44.9 Å². The van der Waals surface area contributed by atoms with Gasteiger partial charge in [0.2, 0.25) is 11.8 Å². The Labute approximate surface area is 369 Å². The van der Waals surface area contributed by atoms with Crippen LogP contribution >= 0.6 is 0 Å². The molecule has 0 saturated heterocycles. The highest BCUT2D eigenvalue weighted by molar-refractivity contribution is 5.79. The third-order valence-corrected chi connectivity index (χ3v) is 15.4. The van der Waals surface area contributed by atoms with E-state index in [1.54, 1.807) is 0 Å². The summed E-state index contributed by atoms with van der Waals surface area (Å²) in [6.07, 6.45) is 7.54. The number of nitrogens with zero attached hydrogens (tertiary/aromatic N) is 3. The molecule has 0 aliphatic heterocycles. The zero-order valence-electron chi connectivity index (χ0n) is 37.3. The summed E-state index contributed by atoms with van der Waals surface area (Å²) in [4.78, 5) is 86.3. The number of fused-ring (bicyclic) bond motifs is 5. The Morgan fingerprint density at radius 3 is 1.79 bits per heavy atom. The smallest absolute Gasteiger partial charge is 0.317 e. The van der Waals surface area contributed by atoms with Crippen molar-refractivity contribution in [2.45, 2.75) is 122 Å². The Bertz CT molecular complexity index is 1600. The molecule has 0 spiro atoms. The van der Waals surface area contributed by atoms with E-state index in [2.05, 4.69) is 31.4 Å². The van der Waals surface area contributed by atoms with Crippen LogP contribution in [-0.2, 0) is 33.6 Å². The molecule has 4 fully saturated rings. The third-order valence-electron chi connectivity index (χ3n) is 15.4. The predicted octanol–water partition coefficient (Wildman–Crippen LogP) is 1.49. The van der Waals surface area contributed by atoms with Crippen molar-refractivity contribution < 1.29 is 69.3 Å². The molecule has 0 aromatic rings. The van der Waals surface area contributed by atoms with Gasteiger partial charge in [-0.05, 0) is 111 Å². The van der Waals surface area contributed by atoms with Gasteiger partial charge in [-0.15, -0.1) is 0 Å². The van der Waals surface area contributed by atoms with E-state index in [9.17, 15) is 59.1 Å². The Morgan fingerprint density at radius 2 is 1.21 bits per heavy atom. The second kappa shape index (κ2) is 23.3. The average molecular weight is 896 g/mol. The van der Waals surface area contributed by atoms with Crippen LogP contribution in [0.15, 0.2) is 0 Å². The second-order valence-electron chi connectivity index (χ2n) is 19.5. The van der Waals surface area contributed by atoms with Crippen molar-refractivity contribution in [1.29, 1.82) is 0 Å². The number of carboxylic acids is 5. The predicted molar refractivity (Wildman–Crippen MR) is 227 cm³/mol. The Hall–Kier alpha value is -3.91. The lowest BCUT2D eigenvalue weighted by molar-refractivity contribution is -0.202. The van der Waals surface area contributed by atoms with Crippen molar-refractivity contribution >= 4 is 41.7 Å². The maximum absolute atomic E-state index is 13.1. The molecule has 4 aliphatic rings. The molecule has 0 radical (unpaired) electrons. The van der Waals surface area contributed by atoms with Crippen LogP contribution in [0.25, 0.3) is 0 Å². The third kappa shape index (κ3) is 14.3. The van der Waals surface area contributed by atoms with Gasteiger partial charge in [0.25, 0.3) is 0 Å². The van der Waals surface area contributed by atoms with Gasteiger partial charge in [-0.25, -0.2) is 0 Å². The lowest BCUT2D eigenvalue weighted by atomic mass is 9.43. The molecule has 4 aliphatic carbocycles. The number of rotatable bonds is 27. The van der Waals surface area contributed by atoms with Crippen LogP contribution in [0, 0.1) is 46.3 Å². The van der Waals surface area contributed by atoms with E-state index >= 15 is 0 Å². The number of aliphatic hydroxyl groups excluding tert-OH is 2. The Balaban J connectivity index is 1.17. The van der Waals surface area contributed by atoms with Crippen LogP contribution < -0.4 is 10.6 Å². The van der Waals surface area contributed by atoms with Crippen LogP contribution in [-0.4, -0.2) is 176 Å². The minimum absolute atomic E-state index is 0.00291. The van der Waals surface area contributed by atoms with E-state index < -0.39 is 74.1 Å². The van der Waals surface area contributed by atoms with Crippen LogP contribution in [0.3, 0.4) is 0 Å². The monoisotopic (exact) mass is 896 g/mol. The molecule has 4 rings (SSSR count). The largest absolute Gasteiger partial charge is 0.481 e. The van der Waals surface area contributed by atoms with Crippen molar-refractivity contribution in [2.24, 2.45) is 46.3 Å². The number of aliphatic carboxylic acids is 5. The second-order valence-corrected chi connectivity index (χ2v) is 19.5. The van der Waals surface area contributed by atoms with Gasteiger partial charge in [-0.1, -0.05) is 27.2 Å². The van der Waals surface area contributed by atoms with Crippen LogP contribution in [0.4, 0.5) is 0 Å². The molecule has 358 valence electrons. The maximum atomic E-state index is 13.1. The summed E-state index contributed by atoms with van der Waals surface area (Å²) in [5.41, 5.74) is -0.418. The van der Waals surface area contributed by atoms with Gasteiger partial charge in [0.1, 0.15) is 0 Å². The van der Waals surface area contributed by atoms with Crippen LogP contribution in [0.5, 0.6) is 0 Å².